The van der Waals surface area contributed by atoms with Gasteiger partial charge in [0.05, 0.1) is 33.7 Å². The van der Waals surface area contributed by atoms with E-state index in [-0.39, 0.29) is 26.1 Å². The second-order valence-electron chi connectivity index (χ2n) is 12.2. The lowest BCUT2D eigenvalue weighted by atomic mass is 9.80. The fourth-order valence-electron chi connectivity index (χ4n) is 7.11. The van der Waals surface area contributed by atoms with E-state index < -0.39 is 23.1 Å². The molecular weight excluding hydrogens is 620 g/mol. The molecule has 0 fully saturated rings. The van der Waals surface area contributed by atoms with Gasteiger partial charge in [-0.05, 0) is 59.3 Å². The molecular formula is C41H36O8. The zero-order valence-electron chi connectivity index (χ0n) is 27.5. The summed E-state index contributed by atoms with van der Waals surface area (Å²) in [6.45, 7) is 2.14. The Labute approximate surface area is 284 Å². The van der Waals surface area contributed by atoms with Crippen LogP contribution in [0.15, 0.2) is 103 Å². The third-order valence-electron chi connectivity index (χ3n) is 9.46. The molecule has 0 saturated carbocycles. The third kappa shape index (κ3) is 5.48. The summed E-state index contributed by atoms with van der Waals surface area (Å²) in [5.74, 6) is 0.600. The first-order valence-electron chi connectivity index (χ1n) is 16.2. The number of ether oxygens (including phenoxy) is 5. The van der Waals surface area contributed by atoms with E-state index in [0.717, 1.165) is 67.0 Å². The quantitative estimate of drug-likeness (QED) is 0.113. The van der Waals surface area contributed by atoms with Gasteiger partial charge in [0.2, 0.25) is 0 Å². The average molecular weight is 657 g/mol. The van der Waals surface area contributed by atoms with Crippen molar-refractivity contribution in [3.63, 3.8) is 0 Å². The number of hydrogen-bond donors (Lipinski definition) is 1. The molecule has 1 aliphatic heterocycles. The van der Waals surface area contributed by atoms with Crippen LogP contribution in [0.4, 0.5) is 0 Å². The van der Waals surface area contributed by atoms with E-state index in [4.69, 9.17) is 28.8 Å². The van der Waals surface area contributed by atoms with Crippen LogP contribution >= 0.6 is 0 Å². The Balaban J connectivity index is 1.37. The van der Waals surface area contributed by atoms with Crippen molar-refractivity contribution >= 4 is 28.8 Å². The molecule has 0 aromatic heterocycles. The van der Waals surface area contributed by atoms with Gasteiger partial charge in [-0.15, -0.1) is 0 Å². The van der Waals surface area contributed by atoms with Crippen molar-refractivity contribution in [3.8, 4) is 28.4 Å². The predicted molar refractivity (Wildman–Crippen MR) is 186 cm³/mol. The SMILES string of the molecule is COc1ccc(C2(c3ccc(OC)cc3)C=Cc3c4c(c5ccccc5c3O2)-c2ccccc2C4(C)OCCOC(=O)CCC(=O)O)cc1. The minimum atomic E-state index is -1.05. The van der Waals surface area contributed by atoms with Crippen molar-refractivity contribution in [2.45, 2.75) is 31.0 Å². The van der Waals surface area contributed by atoms with Gasteiger partial charge in [-0.2, -0.15) is 0 Å². The third-order valence-corrected chi connectivity index (χ3v) is 9.46. The maximum atomic E-state index is 12.1. The Hall–Kier alpha value is -5.60. The van der Waals surface area contributed by atoms with Crippen molar-refractivity contribution in [1.82, 2.24) is 0 Å². The number of methoxy groups -OCH3 is 2. The highest BCUT2D eigenvalue weighted by Crippen LogP contribution is 2.58. The summed E-state index contributed by atoms with van der Waals surface area (Å²) in [6, 6.07) is 32.3. The van der Waals surface area contributed by atoms with E-state index in [1.165, 1.54) is 0 Å². The van der Waals surface area contributed by atoms with Crippen LogP contribution in [-0.4, -0.2) is 44.5 Å². The summed E-state index contributed by atoms with van der Waals surface area (Å²) >= 11 is 0. The highest BCUT2D eigenvalue weighted by molar-refractivity contribution is 6.08. The van der Waals surface area contributed by atoms with Gasteiger partial charge >= 0.3 is 11.9 Å². The monoisotopic (exact) mass is 656 g/mol. The molecule has 1 unspecified atom stereocenters. The molecule has 2 aliphatic rings. The number of aliphatic carboxylic acids is 1. The highest BCUT2D eigenvalue weighted by atomic mass is 16.6. The lowest BCUT2D eigenvalue weighted by Gasteiger charge is -2.39. The highest BCUT2D eigenvalue weighted by Gasteiger charge is 2.47. The van der Waals surface area contributed by atoms with Gasteiger partial charge in [-0.3, -0.25) is 9.59 Å². The van der Waals surface area contributed by atoms with Crippen LogP contribution in [0.1, 0.15) is 47.6 Å². The molecule has 0 bridgehead atoms. The van der Waals surface area contributed by atoms with E-state index >= 15 is 0 Å². The van der Waals surface area contributed by atoms with Crippen molar-refractivity contribution in [3.05, 3.63) is 131 Å². The molecule has 248 valence electrons. The number of carboxylic acids is 1. The standard InChI is InChI=1S/C41H36O8/c1-40(48-25-24-47-36(44)21-20-35(42)43)34-11-7-6-10-32(34)37-30-8-4-5-9-31(30)39-33(38(37)40)22-23-41(49-39,26-12-16-28(45-2)17-13-26)27-14-18-29(46-3)19-15-27/h4-19,22-23H,20-21,24-25H2,1-3H3,(H,42,43). The summed E-state index contributed by atoms with van der Waals surface area (Å²) < 4.78 is 30.3. The van der Waals surface area contributed by atoms with Crippen molar-refractivity contribution in [1.29, 1.82) is 0 Å². The molecule has 1 heterocycles. The molecule has 1 N–H and O–H groups in total. The summed E-state index contributed by atoms with van der Waals surface area (Å²) in [5, 5.41) is 10.9. The Morgan fingerprint density at radius 2 is 1.37 bits per heavy atom. The summed E-state index contributed by atoms with van der Waals surface area (Å²) in [7, 11) is 3.30. The van der Waals surface area contributed by atoms with Crippen molar-refractivity contribution in [2.24, 2.45) is 0 Å². The Morgan fingerprint density at radius 3 is 2.00 bits per heavy atom. The van der Waals surface area contributed by atoms with Crippen LogP contribution in [0.5, 0.6) is 17.2 Å². The summed E-state index contributed by atoms with van der Waals surface area (Å²) in [6.07, 6.45) is 3.77. The molecule has 8 heteroatoms. The number of fused-ring (bicyclic) bond motifs is 8. The maximum Gasteiger partial charge on any atom is 0.306 e. The van der Waals surface area contributed by atoms with Gasteiger partial charge in [0.1, 0.15) is 29.5 Å². The minimum absolute atomic E-state index is 0.00823. The lowest BCUT2D eigenvalue weighted by Crippen LogP contribution is -2.35. The fourth-order valence-corrected chi connectivity index (χ4v) is 7.11. The van der Waals surface area contributed by atoms with Gasteiger partial charge in [-0.25, -0.2) is 0 Å². The van der Waals surface area contributed by atoms with Crippen LogP contribution in [0.2, 0.25) is 0 Å². The fraction of sp³-hybridized carbons (Fsp3) is 0.220. The number of carbonyl (C=O) groups is 2. The molecule has 0 radical (unpaired) electrons. The van der Waals surface area contributed by atoms with Gasteiger partial charge < -0.3 is 28.8 Å². The smallest absolute Gasteiger partial charge is 0.306 e. The maximum absolute atomic E-state index is 12.1. The Kier molecular flexibility index (Phi) is 8.34. The number of benzene rings is 5. The van der Waals surface area contributed by atoms with Gasteiger partial charge in [0.25, 0.3) is 0 Å². The van der Waals surface area contributed by atoms with E-state index in [2.05, 4.69) is 36.4 Å². The Morgan fingerprint density at radius 1 is 0.755 bits per heavy atom. The van der Waals surface area contributed by atoms with E-state index in [9.17, 15) is 9.59 Å². The first-order chi connectivity index (χ1) is 23.8. The average Bonchev–Trinajstić information content (AvgIpc) is 3.41. The number of carboxylic acid groups (broad SMARTS) is 1. The molecule has 8 nitrogen and oxygen atoms in total. The molecule has 1 atom stereocenters. The van der Waals surface area contributed by atoms with Crippen LogP contribution in [0.25, 0.3) is 28.0 Å². The number of esters is 1. The molecule has 0 amide bonds. The molecule has 7 rings (SSSR count). The lowest BCUT2D eigenvalue weighted by molar-refractivity contribution is -0.150. The minimum Gasteiger partial charge on any atom is -0.497 e. The predicted octanol–water partition coefficient (Wildman–Crippen LogP) is 7.87. The molecule has 1 aliphatic carbocycles. The van der Waals surface area contributed by atoms with E-state index in [1.807, 2.05) is 79.7 Å². The van der Waals surface area contributed by atoms with E-state index in [0.29, 0.717) is 0 Å². The van der Waals surface area contributed by atoms with Crippen LogP contribution in [-0.2, 0) is 30.3 Å². The Bertz CT molecular complexity index is 2030. The van der Waals surface area contributed by atoms with Crippen LogP contribution in [0, 0.1) is 0 Å². The molecule has 0 saturated heterocycles. The topological polar surface area (TPSA) is 101 Å². The first-order valence-corrected chi connectivity index (χ1v) is 16.2. The zero-order chi connectivity index (χ0) is 34.2. The van der Waals surface area contributed by atoms with E-state index in [1.54, 1.807) is 14.2 Å². The largest absolute Gasteiger partial charge is 0.497 e. The second-order valence-corrected chi connectivity index (χ2v) is 12.2. The van der Waals surface area contributed by atoms with Gasteiger partial charge in [0, 0.05) is 27.6 Å². The zero-order valence-corrected chi connectivity index (χ0v) is 27.5. The second kappa shape index (κ2) is 12.8. The number of carbonyl (C=O) groups excluding carboxylic acids is 1. The number of hydrogen-bond acceptors (Lipinski definition) is 7. The van der Waals surface area contributed by atoms with Crippen molar-refractivity contribution in [2.75, 3.05) is 27.4 Å². The van der Waals surface area contributed by atoms with Crippen molar-refractivity contribution < 1.29 is 38.4 Å². The van der Waals surface area contributed by atoms with Crippen LogP contribution in [0.3, 0.4) is 0 Å². The normalized spacial score (nSPS) is 16.6. The summed E-state index contributed by atoms with van der Waals surface area (Å²) in [5.41, 5.74) is 4.97. The van der Waals surface area contributed by atoms with Gasteiger partial charge in [0.15, 0.2) is 5.60 Å². The first kappa shape index (κ1) is 32.0. The molecule has 5 aromatic rings. The number of rotatable bonds is 11. The van der Waals surface area contributed by atoms with Crippen LogP contribution < -0.4 is 14.2 Å². The van der Waals surface area contributed by atoms with Gasteiger partial charge in [-0.1, -0.05) is 78.9 Å². The summed E-state index contributed by atoms with van der Waals surface area (Å²) in [4.78, 5) is 23.0. The molecule has 5 aromatic carbocycles. The molecule has 0 spiro atoms. The molecule has 49 heavy (non-hydrogen) atoms.